The molecule has 0 spiro atoms. The second-order valence-corrected chi connectivity index (χ2v) is 9.16. The van der Waals surface area contributed by atoms with Gasteiger partial charge in [0.25, 0.3) is 5.56 Å². The lowest BCUT2D eigenvalue weighted by Crippen LogP contribution is -2.29. The predicted octanol–water partition coefficient (Wildman–Crippen LogP) is 4.72. The number of aromatic hydroxyl groups is 1. The van der Waals surface area contributed by atoms with Crippen molar-refractivity contribution in [3.05, 3.63) is 71.1 Å². The molecule has 0 saturated heterocycles. The predicted molar refractivity (Wildman–Crippen MR) is 118 cm³/mol. The number of halogens is 2. The molecule has 1 heterocycles. The Morgan fingerprint density at radius 2 is 1.90 bits per heavy atom. The van der Waals surface area contributed by atoms with Crippen LogP contribution in [0.2, 0.25) is 0 Å². The van der Waals surface area contributed by atoms with Crippen LogP contribution in [-0.2, 0) is 5.41 Å². The number of rotatable bonds is 3. The van der Waals surface area contributed by atoms with E-state index in [1.54, 1.807) is 18.2 Å². The Morgan fingerprint density at radius 1 is 1.21 bits per heavy atom. The fraction of sp³-hybridized carbons (Fsp3) is 0.211. The molecule has 1 aromatic heterocycles. The second kappa shape index (κ2) is 7.68. The fourth-order valence-corrected chi connectivity index (χ4v) is 3.53. The van der Waals surface area contributed by atoms with E-state index in [0.717, 1.165) is 9.15 Å². The van der Waals surface area contributed by atoms with Crippen LogP contribution in [0.4, 0.5) is 5.69 Å². The third kappa shape index (κ3) is 4.23. The van der Waals surface area contributed by atoms with Gasteiger partial charge in [-0.25, -0.2) is 4.98 Å². The number of phenolic OH excluding ortho intramolecular Hbond substituents is 1. The minimum atomic E-state index is -0.695. The highest BCUT2D eigenvalue weighted by atomic mass is 79.9. The number of nitro groups is 1. The van der Waals surface area contributed by atoms with Gasteiger partial charge in [0.15, 0.2) is 0 Å². The fourth-order valence-electron chi connectivity index (χ4n) is 2.70. The molecule has 8 nitrogen and oxygen atoms in total. The minimum Gasteiger partial charge on any atom is -0.502 e. The van der Waals surface area contributed by atoms with E-state index >= 15 is 0 Å². The van der Waals surface area contributed by atoms with Crippen molar-refractivity contribution in [3.63, 3.8) is 0 Å². The molecular formula is C19H16Br2N4O4. The van der Waals surface area contributed by atoms with Gasteiger partial charge < -0.3 is 5.11 Å². The summed E-state index contributed by atoms with van der Waals surface area (Å²) in [4.78, 5) is 28.1. The Kier molecular flexibility index (Phi) is 5.59. The number of nitro benzene ring substituents is 1. The molecule has 0 amide bonds. The van der Waals surface area contributed by atoms with Crippen LogP contribution in [0.1, 0.15) is 32.2 Å². The van der Waals surface area contributed by atoms with E-state index in [1.165, 1.54) is 18.3 Å². The maximum absolute atomic E-state index is 13.1. The first-order valence-corrected chi connectivity index (χ1v) is 10.0. The molecule has 3 rings (SSSR count). The van der Waals surface area contributed by atoms with Crippen molar-refractivity contribution < 1.29 is 10.0 Å². The van der Waals surface area contributed by atoms with Gasteiger partial charge in [0.2, 0.25) is 5.75 Å². The Balaban J connectivity index is 2.26. The van der Waals surface area contributed by atoms with Crippen LogP contribution in [0.5, 0.6) is 5.75 Å². The minimum absolute atomic E-state index is 0.0900. The maximum atomic E-state index is 13.1. The summed E-state index contributed by atoms with van der Waals surface area (Å²) in [5.74, 6) is -0.124. The molecule has 0 aliphatic heterocycles. The zero-order valence-corrected chi connectivity index (χ0v) is 18.9. The van der Waals surface area contributed by atoms with E-state index in [4.69, 9.17) is 0 Å². The largest absolute Gasteiger partial charge is 0.502 e. The van der Waals surface area contributed by atoms with Gasteiger partial charge in [0.05, 0.1) is 22.0 Å². The average molecular weight is 524 g/mol. The maximum Gasteiger partial charge on any atom is 0.312 e. The lowest BCUT2D eigenvalue weighted by atomic mass is 9.95. The zero-order chi connectivity index (χ0) is 21.5. The molecule has 0 saturated carbocycles. The number of nitrogens with zero attached hydrogens (tertiary/aromatic N) is 4. The van der Waals surface area contributed by atoms with Gasteiger partial charge in [-0.15, -0.1) is 0 Å². The van der Waals surface area contributed by atoms with Crippen molar-refractivity contribution in [3.8, 4) is 5.75 Å². The van der Waals surface area contributed by atoms with Crippen LogP contribution in [0.15, 0.2) is 49.2 Å². The highest BCUT2D eigenvalue weighted by molar-refractivity contribution is 9.10. The monoisotopic (exact) mass is 522 g/mol. The van der Waals surface area contributed by atoms with Crippen molar-refractivity contribution in [1.82, 2.24) is 9.66 Å². The van der Waals surface area contributed by atoms with Gasteiger partial charge in [-0.05, 0) is 24.3 Å². The molecule has 29 heavy (non-hydrogen) atoms. The number of phenols is 1. The molecule has 3 aromatic rings. The zero-order valence-electron chi connectivity index (χ0n) is 15.7. The molecule has 150 valence electrons. The quantitative estimate of drug-likeness (QED) is 0.303. The van der Waals surface area contributed by atoms with Gasteiger partial charge >= 0.3 is 5.69 Å². The Bertz CT molecular complexity index is 1230. The van der Waals surface area contributed by atoms with Crippen molar-refractivity contribution >= 4 is 54.7 Å². The van der Waals surface area contributed by atoms with Crippen LogP contribution >= 0.6 is 31.9 Å². The van der Waals surface area contributed by atoms with Crippen molar-refractivity contribution in [1.29, 1.82) is 0 Å². The number of fused-ring (bicyclic) bond motifs is 1. The van der Waals surface area contributed by atoms with Gasteiger partial charge in [0, 0.05) is 26.0 Å². The summed E-state index contributed by atoms with van der Waals surface area (Å²) in [5.41, 5.74) is -0.739. The molecular weight excluding hydrogens is 508 g/mol. The topological polar surface area (TPSA) is 111 Å². The average Bonchev–Trinajstić information content (AvgIpc) is 2.62. The van der Waals surface area contributed by atoms with Gasteiger partial charge in [0.1, 0.15) is 5.82 Å². The van der Waals surface area contributed by atoms with Crippen LogP contribution in [0.3, 0.4) is 0 Å². The molecule has 0 aliphatic rings. The van der Waals surface area contributed by atoms with Gasteiger partial charge in [-0.2, -0.15) is 9.78 Å². The molecule has 0 bridgehead atoms. The summed E-state index contributed by atoms with van der Waals surface area (Å²) < 4.78 is 2.27. The summed E-state index contributed by atoms with van der Waals surface area (Å²) in [6, 6.07) is 7.86. The number of hydrogen-bond acceptors (Lipinski definition) is 6. The normalized spacial score (nSPS) is 12.0. The second-order valence-electron chi connectivity index (χ2n) is 7.33. The molecule has 0 unspecified atom stereocenters. The van der Waals surface area contributed by atoms with Crippen LogP contribution in [-0.4, -0.2) is 25.9 Å². The molecule has 0 fully saturated rings. The van der Waals surface area contributed by atoms with Gasteiger partial charge in [-0.3, -0.25) is 14.9 Å². The summed E-state index contributed by atoms with van der Waals surface area (Å²) >= 11 is 6.53. The molecule has 0 atom stereocenters. The van der Waals surface area contributed by atoms with Crippen molar-refractivity contribution in [2.75, 3.05) is 0 Å². The molecule has 1 N–H and O–H groups in total. The van der Waals surface area contributed by atoms with Crippen LogP contribution in [0, 0.1) is 10.1 Å². The first kappa shape index (κ1) is 21.1. The number of aromatic nitrogens is 2. The van der Waals surface area contributed by atoms with Gasteiger partial charge in [-0.1, -0.05) is 52.6 Å². The lowest BCUT2D eigenvalue weighted by Gasteiger charge is -2.20. The lowest BCUT2D eigenvalue weighted by molar-refractivity contribution is -0.385. The van der Waals surface area contributed by atoms with E-state index in [-0.39, 0.29) is 11.1 Å². The van der Waals surface area contributed by atoms with E-state index in [9.17, 15) is 20.0 Å². The molecule has 0 radical (unpaired) electrons. The van der Waals surface area contributed by atoms with E-state index in [1.807, 2.05) is 20.8 Å². The Morgan fingerprint density at radius 3 is 2.52 bits per heavy atom. The summed E-state index contributed by atoms with van der Waals surface area (Å²) in [6.45, 7) is 5.69. The summed E-state index contributed by atoms with van der Waals surface area (Å²) in [6.07, 6.45) is 1.20. The number of hydrogen-bond donors (Lipinski definition) is 1. The first-order valence-electron chi connectivity index (χ1n) is 8.43. The summed E-state index contributed by atoms with van der Waals surface area (Å²) in [5, 5.41) is 25.9. The third-order valence-electron chi connectivity index (χ3n) is 4.07. The number of benzene rings is 2. The smallest absolute Gasteiger partial charge is 0.312 e. The highest BCUT2D eigenvalue weighted by Gasteiger charge is 2.23. The molecule has 2 aromatic carbocycles. The highest BCUT2D eigenvalue weighted by Crippen LogP contribution is 2.32. The Labute approximate surface area is 182 Å². The van der Waals surface area contributed by atoms with E-state index in [0.29, 0.717) is 21.2 Å². The first-order chi connectivity index (χ1) is 13.5. The van der Waals surface area contributed by atoms with Crippen molar-refractivity contribution in [2.24, 2.45) is 5.10 Å². The Hall–Kier alpha value is -2.59. The van der Waals surface area contributed by atoms with E-state index in [2.05, 4.69) is 41.9 Å². The van der Waals surface area contributed by atoms with Crippen LogP contribution < -0.4 is 5.56 Å². The van der Waals surface area contributed by atoms with Crippen molar-refractivity contribution in [2.45, 2.75) is 26.2 Å². The van der Waals surface area contributed by atoms with E-state index < -0.39 is 21.8 Å². The molecule has 10 heteroatoms. The SMILES string of the molecule is CC(C)(C)c1nc2ccc(Br)cc2c(=O)n1N=Cc1cc(Br)cc([N+](=O)[O-])c1O. The summed E-state index contributed by atoms with van der Waals surface area (Å²) in [7, 11) is 0. The standard InChI is InChI=1S/C19H16Br2N4O4/c1-19(2,3)18-23-14-5-4-11(20)7-13(14)17(27)24(18)22-9-10-6-12(21)8-15(16(10)26)25(28)29/h4-9,26H,1-3H3. The molecule has 0 aliphatic carbocycles. The van der Waals surface area contributed by atoms with Crippen LogP contribution in [0.25, 0.3) is 10.9 Å². The third-order valence-corrected chi connectivity index (χ3v) is 5.02.